The molecule has 0 saturated heterocycles. The fourth-order valence-electron chi connectivity index (χ4n) is 4.37. The molecule has 0 amide bonds. The van der Waals surface area contributed by atoms with Crippen molar-refractivity contribution in [3.63, 3.8) is 0 Å². The topological polar surface area (TPSA) is 160 Å². The van der Waals surface area contributed by atoms with E-state index in [0.717, 1.165) is 11.3 Å². The van der Waals surface area contributed by atoms with Gasteiger partial charge < -0.3 is 9.15 Å². The lowest BCUT2D eigenvalue weighted by atomic mass is 10.0. The summed E-state index contributed by atoms with van der Waals surface area (Å²) >= 11 is 1.06. The Morgan fingerprint density at radius 1 is 1.10 bits per heavy atom. The normalized spacial score (nSPS) is 14.9. The second-order valence-electron chi connectivity index (χ2n) is 8.66. The molecule has 3 heterocycles. The van der Waals surface area contributed by atoms with Gasteiger partial charge in [0.15, 0.2) is 4.80 Å². The number of hydrogen-bond acceptors (Lipinski definition) is 10. The molecule has 0 aliphatic carbocycles. The van der Waals surface area contributed by atoms with E-state index in [-0.39, 0.29) is 33.8 Å². The summed E-state index contributed by atoms with van der Waals surface area (Å²) in [6.07, 6.45) is 1.52. The molecule has 13 heteroatoms. The van der Waals surface area contributed by atoms with Gasteiger partial charge in [0, 0.05) is 29.8 Å². The lowest BCUT2D eigenvalue weighted by Crippen LogP contribution is -2.39. The summed E-state index contributed by atoms with van der Waals surface area (Å²) in [5.74, 6) is -0.146. The molecule has 0 unspecified atom stereocenters. The van der Waals surface area contributed by atoms with Gasteiger partial charge in [0.1, 0.15) is 17.6 Å². The lowest BCUT2D eigenvalue weighted by molar-refractivity contribution is -0.385. The molecule has 2 aromatic carbocycles. The molecular weight excluding hydrogens is 540 g/mol. The van der Waals surface area contributed by atoms with E-state index in [1.165, 1.54) is 47.0 Å². The summed E-state index contributed by atoms with van der Waals surface area (Å²) in [5, 5.41) is 22.4. The van der Waals surface area contributed by atoms with Crippen molar-refractivity contribution in [2.45, 2.75) is 19.9 Å². The minimum atomic E-state index is -1.03. The number of furan rings is 1. The molecule has 0 spiro atoms. The van der Waals surface area contributed by atoms with Gasteiger partial charge in [0.25, 0.3) is 16.9 Å². The molecular formula is C27H20N4O8S. The Labute approximate surface area is 229 Å². The van der Waals surface area contributed by atoms with Crippen LogP contribution in [0, 0.1) is 20.2 Å². The first-order valence-corrected chi connectivity index (χ1v) is 12.8. The quantitative estimate of drug-likeness (QED) is 0.187. The molecule has 40 heavy (non-hydrogen) atoms. The number of rotatable bonds is 7. The third-order valence-corrected chi connectivity index (χ3v) is 7.12. The van der Waals surface area contributed by atoms with Crippen LogP contribution in [-0.4, -0.2) is 27.0 Å². The maximum atomic E-state index is 13.7. The van der Waals surface area contributed by atoms with Gasteiger partial charge in [-0.1, -0.05) is 35.6 Å². The summed E-state index contributed by atoms with van der Waals surface area (Å²) in [6.45, 7) is 3.38. The molecule has 1 atom stereocenters. The zero-order valence-electron chi connectivity index (χ0n) is 21.1. The van der Waals surface area contributed by atoms with Gasteiger partial charge in [0.05, 0.1) is 32.3 Å². The van der Waals surface area contributed by atoms with Crippen LogP contribution in [0.5, 0.6) is 0 Å². The highest BCUT2D eigenvalue weighted by molar-refractivity contribution is 7.07. The number of fused-ring (bicyclic) bond motifs is 1. The summed E-state index contributed by atoms with van der Waals surface area (Å²) in [5.41, 5.74) is 0.607. The first kappa shape index (κ1) is 26.4. The molecule has 0 saturated carbocycles. The third kappa shape index (κ3) is 4.85. The van der Waals surface area contributed by atoms with Gasteiger partial charge in [-0.05, 0) is 37.6 Å². The number of carbonyl (C=O) groups is 1. The van der Waals surface area contributed by atoms with Crippen molar-refractivity contribution in [3.8, 4) is 11.3 Å². The monoisotopic (exact) mass is 560 g/mol. The Bertz CT molecular complexity index is 1900. The molecule has 1 aliphatic heterocycles. The molecule has 0 bridgehead atoms. The molecule has 5 rings (SSSR count). The number of benzene rings is 2. The van der Waals surface area contributed by atoms with Gasteiger partial charge in [-0.25, -0.2) is 9.79 Å². The van der Waals surface area contributed by atoms with Crippen LogP contribution >= 0.6 is 11.3 Å². The predicted octanol–water partition coefficient (Wildman–Crippen LogP) is 3.87. The van der Waals surface area contributed by atoms with E-state index < -0.39 is 27.4 Å². The van der Waals surface area contributed by atoms with Gasteiger partial charge in [-0.2, -0.15) is 0 Å². The molecule has 0 fully saturated rings. The van der Waals surface area contributed by atoms with Crippen LogP contribution in [0.1, 0.15) is 31.2 Å². The maximum Gasteiger partial charge on any atom is 0.338 e. The number of hydrogen-bond donors (Lipinski definition) is 0. The highest BCUT2D eigenvalue weighted by Gasteiger charge is 2.35. The largest absolute Gasteiger partial charge is 0.463 e. The van der Waals surface area contributed by atoms with E-state index in [0.29, 0.717) is 27.4 Å². The van der Waals surface area contributed by atoms with Crippen LogP contribution in [0.3, 0.4) is 0 Å². The average Bonchev–Trinajstić information content (AvgIpc) is 3.53. The van der Waals surface area contributed by atoms with Crippen molar-refractivity contribution < 1.29 is 23.8 Å². The van der Waals surface area contributed by atoms with Gasteiger partial charge in [-0.3, -0.25) is 29.6 Å². The highest BCUT2D eigenvalue weighted by Crippen LogP contribution is 2.34. The van der Waals surface area contributed by atoms with E-state index in [2.05, 4.69) is 4.99 Å². The molecule has 202 valence electrons. The van der Waals surface area contributed by atoms with Crippen molar-refractivity contribution in [1.29, 1.82) is 0 Å². The summed E-state index contributed by atoms with van der Waals surface area (Å²) in [7, 11) is 0. The number of non-ortho nitro benzene ring substituents is 2. The Morgan fingerprint density at radius 3 is 2.50 bits per heavy atom. The zero-order chi connectivity index (χ0) is 28.6. The molecule has 4 aromatic rings. The summed E-state index contributed by atoms with van der Waals surface area (Å²) in [6, 6.07) is 13.9. The van der Waals surface area contributed by atoms with E-state index in [9.17, 15) is 29.8 Å². The number of carbonyl (C=O) groups excluding carboxylic acids is 1. The number of ether oxygens (including phenoxy) is 1. The van der Waals surface area contributed by atoms with Crippen molar-refractivity contribution in [3.05, 3.63) is 123 Å². The third-order valence-electron chi connectivity index (χ3n) is 6.13. The Morgan fingerprint density at radius 2 is 1.80 bits per heavy atom. The smallest absolute Gasteiger partial charge is 0.338 e. The number of esters is 1. The Hall–Kier alpha value is -5.17. The second kappa shape index (κ2) is 10.5. The van der Waals surface area contributed by atoms with E-state index >= 15 is 0 Å². The van der Waals surface area contributed by atoms with Crippen molar-refractivity contribution >= 4 is 34.8 Å². The summed E-state index contributed by atoms with van der Waals surface area (Å²) < 4.78 is 12.9. The number of nitro groups is 2. The van der Waals surface area contributed by atoms with Crippen molar-refractivity contribution in [1.82, 2.24) is 4.57 Å². The predicted molar refractivity (Wildman–Crippen MR) is 144 cm³/mol. The van der Waals surface area contributed by atoms with E-state index in [1.54, 1.807) is 38.1 Å². The fraction of sp³-hybridized carbons (Fsp3) is 0.148. The van der Waals surface area contributed by atoms with Crippen LogP contribution in [0.2, 0.25) is 0 Å². The molecule has 12 nitrogen and oxygen atoms in total. The highest BCUT2D eigenvalue weighted by atomic mass is 32.1. The lowest BCUT2D eigenvalue weighted by Gasteiger charge is -2.22. The maximum absolute atomic E-state index is 13.7. The van der Waals surface area contributed by atoms with Crippen LogP contribution in [0.15, 0.2) is 86.1 Å². The van der Waals surface area contributed by atoms with Crippen LogP contribution < -0.4 is 14.9 Å². The first-order chi connectivity index (χ1) is 19.2. The minimum Gasteiger partial charge on any atom is -0.463 e. The van der Waals surface area contributed by atoms with Gasteiger partial charge in [0.2, 0.25) is 0 Å². The standard InChI is InChI=1S/C27H20N4O8S/c1-3-38-26(33)23-15(2)28-27-29(25(32)22(40-27)13-16-6-4-8-18(12-16)30(34)35)24(23)21-11-10-20(39-21)17-7-5-9-19(14-17)31(36)37/h4-14,24H,3H2,1-2H3/b22-13-/t24-/m0/s1. The number of aromatic nitrogens is 1. The number of allylic oxidation sites excluding steroid dienone is 1. The van der Waals surface area contributed by atoms with Crippen LogP contribution in [0.4, 0.5) is 11.4 Å². The van der Waals surface area contributed by atoms with Gasteiger partial charge in [-0.15, -0.1) is 0 Å². The van der Waals surface area contributed by atoms with Crippen LogP contribution in [-0.2, 0) is 9.53 Å². The molecule has 0 N–H and O–H groups in total. The SMILES string of the molecule is CCOC(=O)C1=C(C)N=c2s/c(=C\c3cccc([N+](=O)[O-])c3)c(=O)n2[C@H]1c1ccc(-c2cccc([N+](=O)[O-])c2)o1. The fourth-order valence-corrected chi connectivity index (χ4v) is 5.41. The Kier molecular flexibility index (Phi) is 6.96. The number of nitro benzene ring substituents is 2. The second-order valence-corrected chi connectivity index (χ2v) is 9.67. The number of nitrogens with zero attached hydrogens (tertiary/aromatic N) is 4. The molecule has 1 aliphatic rings. The molecule has 0 radical (unpaired) electrons. The van der Waals surface area contributed by atoms with E-state index in [1.807, 2.05) is 0 Å². The summed E-state index contributed by atoms with van der Waals surface area (Å²) in [4.78, 5) is 53.0. The molecule has 2 aromatic heterocycles. The van der Waals surface area contributed by atoms with Gasteiger partial charge >= 0.3 is 5.97 Å². The zero-order valence-corrected chi connectivity index (χ0v) is 21.9. The van der Waals surface area contributed by atoms with E-state index in [4.69, 9.17) is 9.15 Å². The first-order valence-electron chi connectivity index (χ1n) is 12.0. The minimum absolute atomic E-state index is 0.0939. The number of thiazole rings is 1. The van der Waals surface area contributed by atoms with Crippen LogP contribution in [0.25, 0.3) is 17.4 Å². The van der Waals surface area contributed by atoms with Crippen molar-refractivity contribution in [2.24, 2.45) is 4.99 Å². The Balaban J connectivity index is 1.68. The van der Waals surface area contributed by atoms with Crippen molar-refractivity contribution in [2.75, 3.05) is 6.61 Å². The average molecular weight is 561 g/mol.